The van der Waals surface area contributed by atoms with Crippen molar-refractivity contribution < 1.29 is 18.3 Å². The van der Waals surface area contributed by atoms with Gasteiger partial charge in [-0.3, -0.25) is 9.78 Å². The minimum absolute atomic E-state index is 0.126. The third-order valence-electron chi connectivity index (χ3n) is 5.81. The molecule has 0 saturated carbocycles. The molecule has 0 amide bonds. The highest BCUT2D eigenvalue weighted by molar-refractivity contribution is 9.10. The Labute approximate surface area is 207 Å². The van der Waals surface area contributed by atoms with Crippen LogP contribution in [0.25, 0.3) is 5.57 Å². The van der Waals surface area contributed by atoms with Crippen molar-refractivity contribution in [2.45, 2.75) is 43.0 Å². The van der Waals surface area contributed by atoms with Crippen molar-refractivity contribution in [2.24, 2.45) is 0 Å². The fourth-order valence-corrected chi connectivity index (χ4v) is 5.69. The van der Waals surface area contributed by atoms with Crippen LogP contribution in [0.1, 0.15) is 41.5 Å². The molecule has 0 bridgehead atoms. The third kappa shape index (κ3) is 6.00. The second-order valence-electron chi connectivity index (χ2n) is 8.31. The van der Waals surface area contributed by atoms with Gasteiger partial charge in [0.05, 0.1) is 4.90 Å². The lowest BCUT2D eigenvalue weighted by Gasteiger charge is -2.12. The Morgan fingerprint density at radius 1 is 1.09 bits per heavy atom. The van der Waals surface area contributed by atoms with Crippen molar-refractivity contribution >= 4 is 37.5 Å². The summed E-state index contributed by atoms with van der Waals surface area (Å²) in [4.78, 5) is 15.3. The number of carbonyl (C=O) groups is 1. The molecule has 1 unspecified atom stereocenters. The zero-order valence-corrected chi connectivity index (χ0v) is 20.8. The summed E-state index contributed by atoms with van der Waals surface area (Å²) in [6, 6.07) is 16.5. The van der Waals surface area contributed by atoms with Gasteiger partial charge in [-0.25, -0.2) is 13.1 Å². The third-order valence-corrected chi connectivity index (χ3v) is 7.88. The predicted molar refractivity (Wildman–Crippen MR) is 135 cm³/mol. The summed E-state index contributed by atoms with van der Waals surface area (Å²) in [7, 11) is -3.61. The summed E-state index contributed by atoms with van der Waals surface area (Å²) >= 11 is 3.33. The summed E-state index contributed by atoms with van der Waals surface area (Å²) in [5, 5.41) is 8.93. The standard InChI is InChI=1S/C26H25BrN2O4S/c27-22-9-11-24(12-10-22)34(32,33)29-23-15-18-7-8-19(14-21(18)16-23)25(5-1-2-6-26(30)31)20-4-3-13-28-17-20/h3-5,7-14,17,23,29H,1-2,6,15-16H2,(H,30,31). The summed E-state index contributed by atoms with van der Waals surface area (Å²) in [6.07, 6.45) is 8.15. The molecule has 0 fully saturated rings. The average molecular weight is 541 g/mol. The highest BCUT2D eigenvalue weighted by atomic mass is 79.9. The van der Waals surface area contributed by atoms with Gasteiger partial charge in [0.25, 0.3) is 0 Å². The number of carboxylic acids is 1. The molecule has 1 atom stereocenters. The van der Waals surface area contributed by atoms with E-state index >= 15 is 0 Å². The van der Waals surface area contributed by atoms with E-state index in [0.717, 1.165) is 32.3 Å². The number of aliphatic carboxylic acids is 1. The molecule has 6 nitrogen and oxygen atoms in total. The van der Waals surface area contributed by atoms with E-state index in [9.17, 15) is 13.2 Å². The van der Waals surface area contributed by atoms with Crippen LogP contribution in [0.4, 0.5) is 0 Å². The van der Waals surface area contributed by atoms with Crippen molar-refractivity contribution in [3.63, 3.8) is 0 Å². The Morgan fingerprint density at radius 3 is 2.56 bits per heavy atom. The maximum Gasteiger partial charge on any atom is 0.303 e. The SMILES string of the molecule is O=C(O)CCCC=C(c1cccnc1)c1ccc2c(c1)CC(NS(=O)(=O)c1ccc(Br)cc1)C2. The normalized spacial score (nSPS) is 15.8. The highest BCUT2D eigenvalue weighted by Gasteiger charge is 2.27. The molecule has 2 aromatic carbocycles. The quantitative estimate of drug-likeness (QED) is 0.373. The van der Waals surface area contributed by atoms with Gasteiger partial charge in [0, 0.05) is 34.9 Å². The lowest BCUT2D eigenvalue weighted by molar-refractivity contribution is -0.137. The molecule has 1 heterocycles. The molecule has 1 aliphatic carbocycles. The van der Waals surface area contributed by atoms with Crippen LogP contribution in [0.2, 0.25) is 0 Å². The van der Waals surface area contributed by atoms with E-state index in [1.54, 1.807) is 36.7 Å². The van der Waals surface area contributed by atoms with Gasteiger partial charge in [0.1, 0.15) is 0 Å². The monoisotopic (exact) mass is 540 g/mol. The highest BCUT2D eigenvalue weighted by Crippen LogP contribution is 2.30. The lowest BCUT2D eigenvalue weighted by atomic mass is 9.95. The number of benzene rings is 2. The molecular formula is C26H25BrN2O4S. The van der Waals surface area contributed by atoms with Crippen molar-refractivity contribution in [3.05, 3.63) is 99.8 Å². The fraction of sp³-hybridized carbons (Fsp3) is 0.231. The lowest BCUT2D eigenvalue weighted by Crippen LogP contribution is -2.35. The number of nitrogens with one attached hydrogen (secondary N) is 1. The topological polar surface area (TPSA) is 96.4 Å². The second-order valence-corrected chi connectivity index (χ2v) is 10.9. The average Bonchev–Trinajstić information content (AvgIpc) is 3.20. The number of sulfonamides is 1. The maximum atomic E-state index is 12.8. The van der Waals surface area contributed by atoms with Gasteiger partial charge in [-0.05, 0) is 78.3 Å². The van der Waals surface area contributed by atoms with E-state index in [1.165, 1.54) is 0 Å². The van der Waals surface area contributed by atoms with E-state index in [-0.39, 0.29) is 17.4 Å². The molecule has 0 aliphatic heterocycles. The number of aromatic nitrogens is 1. The van der Waals surface area contributed by atoms with Crippen molar-refractivity contribution in [2.75, 3.05) is 0 Å². The Bertz CT molecular complexity index is 1310. The van der Waals surface area contributed by atoms with Gasteiger partial charge in [-0.2, -0.15) is 0 Å². The van der Waals surface area contributed by atoms with Crippen LogP contribution >= 0.6 is 15.9 Å². The summed E-state index contributed by atoms with van der Waals surface area (Å²) in [6.45, 7) is 0. The molecule has 4 rings (SSSR count). The maximum absolute atomic E-state index is 12.8. The van der Waals surface area contributed by atoms with Crippen LogP contribution in [-0.4, -0.2) is 30.5 Å². The first-order chi connectivity index (χ1) is 16.3. The Balaban J connectivity index is 1.53. The summed E-state index contributed by atoms with van der Waals surface area (Å²) in [5.41, 5.74) is 5.21. The molecule has 0 radical (unpaired) electrons. The number of carboxylic acid groups (broad SMARTS) is 1. The molecule has 1 aromatic heterocycles. The summed E-state index contributed by atoms with van der Waals surface area (Å²) < 4.78 is 29.3. The Kier molecular flexibility index (Phi) is 7.60. The molecule has 176 valence electrons. The Morgan fingerprint density at radius 2 is 1.85 bits per heavy atom. The van der Waals surface area contributed by atoms with Gasteiger partial charge in [0.15, 0.2) is 0 Å². The molecule has 0 saturated heterocycles. The largest absolute Gasteiger partial charge is 0.481 e. The number of pyridine rings is 1. The number of allylic oxidation sites excluding steroid dienone is 1. The van der Waals surface area contributed by atoms with E-state index in [1.807, 2.05) is 18.2 Å². The van der Waals surface area contributed by atoms with Crippen molar-refractivity contribution in [3.8, 4) is 0 Å². The van der Waals surface area contributed by atoms with E-state index in [4.69, 9.17) is 5.11 Å². The van der Waals surface area contributed by atoms with Gasteiger partial charge < -0.3 is 5.11 Å². The van der Waals surface area contributed by atoms with Crippen LogP contribution in [0.5, 0.6) is 0 Å². The minimum atomic E-state index is -3.61. The zero-order chi connectivity index (χ0) is 24.1. The van der Waals surface area contributed by atoms with Crippen molar-refractivity contribution in [1.29, 1.82) is 0 Å². The first-order valence-corrected chi connectivity index (χ1v) is 13.3. The van der Waals surface area contributed by atoms with Gasteiger partial charge in [-0.15, -0.1) is 0 Å². The molecule has 1 aliphatic rings. The molecule has 0 spiro atoms. The smallest absolute Gasteiger partial charge is 0.303 e. The minimum Gasteiger partial charge on any atom is -0.481 e. The van der Waals surface area contributed by atoms with Gasteiger partial charge in [-0.1, -0.05) is 46.3 Å². The number of nitrogens with zero attached hydrogens (tertiary/aromatic N) is 1. The van der Waals surface area contributed by atoms with Crippen LogP contribution in [0.15, 0.2) is 82.4 Å². The fourth-order valence-electron chi connectivity index (χ4n) is 4.19. The van der Waals surface area contributed by atoms with Gasteiger partial charge >= 0.3 is 5.97 Å². The molecule has 8 heteroatoms. The number of rotatable bonds is 9. The van der Waals surface area contributed by atoms with E-state index in [0.29, 0.717) is 25.7 Å². The van der Waals surface area contributed by atoms with Crippen molar-refractivity contribution in [1.82, 2.24) is 9.71 Å². The van der Waals surface area contributed by atoms with E-state index in [2.05, 4.69) is 43.8 Å². The van der Waals surface area contributed by atoms with Crippen LogP contribution in [0.3, 0.4) is 0 Å². The molecular weight excluding hydrogens is 516 g/mol. The first-order valence-electron chi connectivity index (χ1n) is 11.0. The van der Waals surface area contributed by atoms with Crippen LogP contribution in [-0.2, 0) is 27.7 Å². The second kappa shape index (κ2) is 10.6. The number of halogens is 1. The zero-order valence-electron chi connectivity index (χ0n) is 18.4. The molecule has 2 N–H and O–H groups in total. The van der Waals surface area contributed by atoms with E-state index < -0.39 is 16.0 Å². The first kappa shape index (κ1) is 24.3. The molecule has 3 aromatic rings. The summed E-state index contributed by atoms with van der Waals surface area (Å²) in [5.74, 6) is -0.800. The predicted octanol–water partition coefficient (Wildman–Crippen LogP) is 4.98. The number of hydrogen-bond donors (Lipinski definition) is 2. The van der Waals surface area contributed by atoms with Crippen LogP contribution < -0.4 is 4.72 Å². The molecule has 34 heavy (non-hydrogen) atoms. The number of unbranched alkanes of at least 4 members (excludes halogenated alkanes) is 1. The number of fused-ring (bicyclic) bond motifs is 1. The van der Waals surface area contributed by atoms with Crippen LogP contribution in [0, 0.1) is 0 Å². The Hall–Kier alpha value is -2.81. The van der Waals surface area contributed by atoms with Gasteiger partial charge in [0.2, 0.25) is 10.0 Å². The number of hydrogen-bond acceptors (Lipinski definition) is 4.